The SMILES string of the molecule is CC(C)OCCCC(=O)N[C@@]1(C#N)CCSC1. The summed E-state index contributed by atoms with van der Waals surface area (Å²) in [6.07, 6.45) is 2.09. The highest BCUT2D eigenvalue weighted by Gasteiger charge is 2.35. The normalized spacial score (nSPS) is 23.6. The summed E-state index contributed by atoms with van der Waals surface area (Å²) >= 11 is 1.72. The summed E-state index contributed by atoms with van der Waals surface area (Å²) in [6, 6.07) is 2.23. The van der Waals surface area contributed by atoms with E-state index in [0.717, 1.165) is 12.2 Å². The molecule has 0 spiro atoms. The highest BCUT2D eigenvalue weighted by Crippen LogP contribution is 2.27. The summed E-state index contributed by atoms with van der Waals surface area (Å²) in [6.45, 7) is 4.54. The summed E-state index contributed by atoms with van der Waals surface area (Å²) < 4.78 is 5.36. The van der Waals surface area contributed by atoms with Gasteiger partial charge in [-0.15, -0.1) is 0 Å². The Morgan fingerprint density at radius 1 is 1.65 bits per heavy atom. The highest BCUT2D eigenvalue weighted by atomic mass is 32.2. The molecule has 0 aromatic carbocycles. The van der Waals surface area contributed by atoms with E-state index in [4.69, 9.17) is 10.00 Å². The summed E-state index contributed by atoms with van der Waals surface area (Å²) in [4.78, 5) is 11.7. The summed E-state index contributed by atoms with van der Waals surface area (Å²) in [7, 11) is 0. The number of nitriles is 1. The Morgan fingerprint density at radius 2 is 2.41 bits per heavy atom. The van der Waals surface area contributed by atoms with Gasteiger partial charge >= 0.3 is 0 Å². The van der Waals surface area contributed by atoms with E-state index in [1.807, 2.05) is 13.8 Å². The number of nitrogens with one attached hydrogen (secondary N) is 1. The van der Waals surface area contributed by atoms with E-state index in [0.29, 0.717) is 25.2 Å². The van der Waals surface area contributed by atoms with Crippen molar-refractivity contribution in [2.45, 2.75) is 44.8 Å². The minimum Gasteiger partial charge on any atom is -0.379 e. The minimum absolute atomic E-state index is 0.0404. The van der Waals surface area contributed by atoms with E-state index >= 15 is 0 Å². The molecule has 0 unspecified atom stereocenters. The van der Waals surface area contributed by atoms with E-state index < -0.39 is 5.54 Å². The molecule has 1 amide bonds. The first-order chi connectivity index (χ1) is 8.08. The average molecular weight is 256 g/mol. The second-order valence-electron chi connectivity index (χ2n) is 4.57. The molecule has 17 heavy (non-hydrogen) atoms. The maximum absolute atomic E-state index is 11.7. The Bertz CT molecular complexity index is 293. The Balaban J connectivity index is 2.22. The summed E-state index contributed by atoms with van der Waals surface area (Å²) in [5.41, 5.74) is -0.624. The Hall–Kier alpha value is -0.730. The number of carbonyl (C=O) groups is 1. The van der Waals surface area contributed by atoms with Crippen LogP contribution in [0.5, 0.6) is 0 Å². The van der Waals surface area contributed by atoms with Gasteiger partial charge in [0.2, 0.25) is 5.91 Å². The molecule has 1 heterocycles. The first kappa shape index (κ1) is 14.3. The van der Waals surface area contributed by atoms with Crippen molar-refractivity contribution >= 4 is 17.7 Å². The second-order valence-corrected chi connectivity index (χ2v) is 5.67. The fraction of sp³-hybridized carbons (Fsp3) is 0.833. The van der Waals surface area contributed by atoms with Crippen LogP contribution in [0.15, 0.2) is 0 Å². The van der Waals surface area contributed by atoms with Gasteiger partial charge in [-0.05, 0) is 32.4 Å². The fourth-order valence-electron chi connectivity index (χ4n) is 1.66. The van der Waals surface area contributed by atoms with Gasteiger partial charge in [0.15, 0.2) is 0 Å². The number of thioether (sulfide) groups is 1. The number of carbonyl (C=O) groups excluding carboxylic acids is 1. The smallest absolute Gasteiger partial charge is 0.221 e. The zero-order chi connectivity index (χ0) is 12.7. The summed E-state index contributed by atoms with van der Waals surface area (Å²) in [5.74, 6) is 1.61. The second kappa shape index (κ2) is 6.87. The maximum atomic E-state index is 11.7. The minimum atomic E-state index is -0.624. The lowest BCUT2D eigenvalue weighted by molar-refractivity contribution is -0.122. The predicted molar refractivity (Wildman–Crippen MR) is 68.8 cm³/mol. The van der Waals surface area contributed by atoms with Crippen molar-refractivity contribution in [1.29, 1.82) is 5.26 Å². The van der Waals surface area contributed by atoms with Crippen molar-refractivity contribution in [3.63, 3.8) is 0 Å². The van der Waals surface area contributed by atoms with Gasteiger partial charge in [0.05, 0.1) is 12.2 Å². The van der Waals surface area contributed by atoms with E-state index in [1.54, 1.807) is 11.8 Å². The van der Waals surface area contributed by atoms with Crippen LogP contribution in [-0.4, -0.2) is 35.7 Å². The number of hydrogen-bond acceptors (Lipinski definition) is 4. The van der Waals surface area contributed by atoms with Crippen LogP contribution in [0.3, 0.4) is 0 Å². The molecule has 0 radical (unpaired) electrons. The lowest BCUT2D eigenvalue weighted by Crippen LogP contribution is -2.47. The number of ether oxygens (including phenoxy) is 1. The highest BCUT2D eigenvalue weighted by molar-refractivity contribution is 7.99. The van der Waals surface area contributed by atoms with Gasteiger partial charge in [-0.2, -0.15) is 17.0 Å². The quantitative estimate of drug-likeness (QED) is 0.735. The molecule has 1 N–H and O–H groups in total. The Labute approximate surface area is 107 Å². The predicted octanol–water partition coefficient (Wildman–Crippen LogP) is 1.71. The van der Waals surface area contributed by atoms with E-state index in [2.05, 4.69) is 11.4 Å². The molecule has 0 bridgehead atoms. The van der Waals surface area contributed by atoms with Crippen LogP contribution < -0.4 is 5.32 Å². The van der Waals surface area contributed by atoms with Crippen LogP contribution in [0.1, 0.15) is 33.1 Å². The molecule has 5 heteroatoms. The van der Waals surface area contributed by atoms with E-state index in [1.165, 1.54) is 0 Å². The Kier molecular flexibility index (Phi) is 5.79. The molecular weight excluding hydrogens is 236 g/mol. The molecule has 0 aromatic rings. The lowest BCUT2D eigenvalue weighted by atomic mass is 10.0. The standard InChI is InChI=1S/C12H20N2O2S/c1-10(2)16-6-3-4-11(15)14-12(8-13)5-7-17-9-12/h10H,3-7,9H2,1-2H3,(H,14,15)/t12-/m1/s1. The molecule has 0 aliphatic carbocycles. The molecule has 0 saturated carbocycles. The third-order valence-corrected chi connectivity index (χ3v) is 3.80. The number of amides is 1. The molecule has 1 fully saturated rings. The molecule has 1 aliphatic heterocycles. The monoisotopic (exact) mass is 256 g/mol. The van der Waals surface area contributed by atoms with Gasteiger partial charge in [0.1, 0.15) is 5.54 Å². The van der Waals surface area contributed by atoms with Crippen molar-refractivity contribution in [1.82, 2.24) is 5.32 Å². The third-order valence-electron chi connectivity index (χ3n) is 2.61. The first-order valence-electron chi connectivity index (χ1n) is 5.99. The number of nitrogens with zero attached hydrogens (tertiary/aromatic N) is 1. The van der Waals surface area contributed by atoms with Crippen LogP contribution in [0.2, 0.25) is 0 Å². The molecule has 0 aromatic heterocycles. The summed E-state index contributed by atoms with van der Waals surface area (Å²) in [5, 5.41) is 12.0. The van der Waals surface area contributed by atoms with Crippen LogP contribution in [0.25, 0.3) is 0 Å². The van der Waals surface area contributed by atoms with Crippen molar-refractivity contribution in [2.75, 3.05) is 18.1 Å². The maximum Gasteiger partial charge on any atom is 0.221 e. The van der Waals surface area contributed by atoms with Crippen LogP contribution in [0, 0.1) is 11.3 Å². The van der Waals surface area contributed by atoms with Gasteiger partial charge in [0.25, 0.3) is 0 Å². The number of hydrogen-bond donors (Lipinski definition) is 1. The van der Waals surface area contributed by atoms with Crippen molar-refractivity contribution in [3.8, 4) is 6.07 Å². The molecular formula is C12H20N2O2S. The largest absolute Gasteiger partial charge is 0.379 e. The van der Waals surface area contributed by atoms with Gasteiger partial charge in [-0.25, -0.2) is 0 Å². The lowest BCUT2D eigenvalue weighted by Gasteiger charge is -2.21. The van der Waals surface area contributed by atoms with Crippen molar-refractivity contribution < 1.29 is 9.53 Å². The Morgan fingerprint density at radius 3 is 2.94 bits per heavy atom. The van der Waals surface area contributed by atoms with Gasteiger partial charge < -0.3 is 10.1 Å². The van der Waals surface area contributed by atoms with Crippen molar-refractivity contribution in [3.05, 3.63) is 0 Å². The van der Waals surface area contributed by atoms with Gasteiger partial charge in [0, 0.05) is 18.8 Å². The van der Waals surface area contributed by atoms with E-state index in [-0.39, 0.29) is 12.0 Å². The molecule has 1 saturated heterocycles. The van der Waals surface area contributed by atoms with Crippen LogP contribution >= 0.6 is 11.8 Å². The average Bonchev–Trinajstić information content (AvgIpc) is 2.73. The molecule has 4 nitrogen and oxygen atoms in total. The first-order valence-corrected chi connectivity index (χ1v) is 7.15. The van der Waals surface area contributed by atoms with E-state index in [9.17, 15) is 4.79 Å². The van der Waals surface area contributed by atoms with Gasteiger partial charge in [-0.3, -0.25) is 4.79 Å². The van der Waals surface area contributed by atoms with Gasteiger partial charge in [-0.1, -0.05) is 0 Å². The fourth-order valence-corrected chi connectivity index (χ4v) is 2.93. The topological polar surface area (TPSA) is 62.1 Å². The molecule has 96 valence electrons. The number of rotatable bonds is 6. The van der Waals surface area contributed by atoms with Crippen molar-refractivity contribution in [2.24, 2.45) is 0 Å². The van der Waals surface area contributed by atoms with Crippen LogP contribution in [-0.2, 0) is 9.53 Å². The van der Waals surface area contributed by atoms with Crippen LogP contribution in [0.4, 0.5) is 0 Å². The zero-order valence-electron chi connectivity index (χ0n) is 10.5. The molecule has 1 rings (SSSR count). The third kappa shape index (κ3) is 4.97. The zero-order valence-corrected chi connectivity index (χ0v) is 11.3. The molecule has 1 atom stereocenters. The molecule has 1 aliphatic rings.